The Balaban J connectivity index is 1.76. The third kappa shape index (κ3) is 6.74. The highest BCUT2D eigenvalue weighted by Crippen LogP contribution is 2.47. The van der Waals surface area contributed by atoms with Crippen molar-refractivity contribution in [2.75, 3.05) is 27.2 Å². The second-order valence-corrected chi connectivity index (χ2v) is 8.40. The quantitative estimate of drug-likeness (QED) is 0.381. The van der Waals surface area contributed by atoms with Crippen molar-refractivity contribution in [2.45, 2.75) is 64.1 Å². The van der Waals surface area contributed by atoms with E-state index in [-0.39, 0.29) is 17.9 Å². The first-order chi connectivity index (χ1) is 12.9. The Morgan fingerprint density at radius 1 is 1.41 bits per heavy atom. The molecule has 5 nitrogen and oxygen atoms in total. The number of rotatable bonds is 11. The van der Waals surface area contributed by atoms with E-state index in [4.69, 9.17) is 0 Å². The molecular weight excluding hydrogens is 340 g/mol. The lowest BCUT2D eigenvalue weighted by Gasteiger charge is -2.19. The zero-order chi connectivity index (χ0) is 19.8. The third-order valence-corrected chi connectivity index (χ3v) is 6.01. The number of hydrogen-bond acceptors (Lipinski definition) is 4. The van der Waals surface area contributed by atoms with Gasteiger partial charge in [-0.25, -0.2) is 0 Å². The normalized spacial score (nSPS) is 28.4. The first-order valence-electron chi connectivity index (χ1n) is 10.6. The summed E-state index contributed by atoms with van der Waals surface area (Å²) in [5.41, 5.74) is 1.43. The Morgan fingerprint density at radius 3 is 2.89 bits per heavy atom. The van der Waals surface area contributed by atoms with Crippen LogP contribution in [0.1, 0.15) is 51.9 Å². The van der Waals surface area contributed by atoms with Crippen LogP contribution >= 0.6 is 0 Å². The molecule has 27 heavy (non-hydrogen) atoms. The minimum Gasteiger partial charge on any atom is -0.392 e. The number of unbranched alkanes of at least 4 members (excludes halogenated alkanes) is 2. The van der Waals surface area contributed by atoms with Gasteiger partial charge in [0.1, 0.15) is 0 Å². The van der Waals surface area contributed by atoms with E-state index in [0.29, 0.717) is 18.4 Å². The molecule has 5 heteroatoms. The lowest BCUT2D eigenvalue weighted by Crippen LogP contribution is -2.33. The van der Waals surface area contributed by atoms with Gasteiger partial charge in [-0.3, -0.25) is 4.79 Å². The summed E-state index contributed by atoms with van der Waals surface area (Å²) in [5, 5.41) is 23.8. The van der Waals surface area contributed by atoms with Gasteiger partial charge in [0.05, 0.1) is 18.8 Å². The number of aliphatic hydroxyl groups is 2. The van der Waals surface area contributed by atoms with Crippen molar-refractivity contribution < 1.29 is 15.0 Å². The highest BCUT2D eigenvalue weighted by Gasteiger charge is 2.43. The summed E-state index contributed by atoms with van der Waals surface area (Å²) in [4.78, 5) is 13.2. The van der Waals surface area contributed by atoms with Gasteiger partial charge in [0, 0.05) is 20.0 Å². The summed E-state index contributed by atoms with van der Waals surface area (Å²) in [6, 6.07) is 0. The molecule has 0 unspecified atom stereocenters. The lowest BCUT2D eigenvalue weighted by molar-refractivity contribution is -0.127. The molecule has 5 atom stereocenters. The molecule has 1 saturated carbocycles. The fourth-order valence-corrected chi connectivity index (χ4v) is 4.35. The molecule has 0 heterocycles. The van der Waals surface area contributed by atoms with Crippen LogP contribution in [0.2, 0.25) is 0 Å². The maximum Gasteiger partial charge on any atom is 0.236 e. The number of nitrogens with zero attached hydrogens (tertiary/aromatic N) is 1. The fraction of sp³-hybridized carbons (Fsp3) is 0.773. The van der Waals surface area contributed by atoms with Crippen molar-refractivity contribution in [3.63, 3.8) is 0 Å². The van der Waals surface area contributed by atoms with E-state index in [1.54, 1.807) is 19.0 Å². The Kier molecular flexibility index (Phi) is 9.00. The molecule has 1 amide bonds. The molecule has 1 fully saturated rings. The standard InChI is InChI=1S/C22H38N2O3/c1-4-5-6-7-18(25)8-9-19-20-13-16(12-17(20)14-21(19)26)10-11-23-15-22(27)24(2)3/h8-9,12,17-21,23,25-26H,4-7,10-11,13-15H2,1-3H3/t17-,18-,19+,20-,21+/m0/s1. The molecule has 0 saturated heterocycles. The molecule has 0 aromatic rings. The Labute approximate surface area is 164 Å². The molecule has 0 aliphatic heterocycles. The highest BCUT2D eigenvalue weighted by molar-refractivity contribution is 5.77. The molecule has 2 rings (SSSR count). The summed E-state index contributed by atoms with van der Waals surface area (Å²) in [6.45, 7) is 3.36. The number of nitrogens with one attached hydrogen (secondary N) is 1. The van der Waals surface area contributed by atoms with E-state index in [9.17, 15) is 15.0 Å². The number of amides is 1. The van der Waals surface area contributed by atoms with Crippen molar-refractivity contribution in [3.8, 4) is 0 Å². The van der Waals surface area contributed by atoms with Gasteiger partial charge in [0.2, 0.25) is 5.91 Å². The number of aliphatic hydroxyl groups excluding tert-OH is 2. The minimum absolute atomic E-state index is 0.0955. The molecule has 0 aromatic carbocycles. The van der Waals surface area contributed by atoms with Crippen LogP contribution in [-0.2, 0) is 4.79 Å². The largest absolute Gasteiger partial charge is 0.392 e. The summed E-state index contributed by atoms with van der Waals surface area (Å²) in [6.07, 6.45) is 12.6. The van der Waals surface area contributed by atoms with Crippen LogP contribution < -0.4 is 5.32 Å². The van der Waals surface area contributed by atoms with Crippen LogP contribution in [0.15, 0.2) is 23.8 Å². The van der Waals surface area contributed by atoms with Gasteiger partial charge in [0.25, 0.3) is 0 Å². The zero-order valence-electron chi connectivity index (χ0n) is 17.2. The summed E-state index contributed by atoms with van der Waals surface area (Å²) >= 11 is 0. The first-order valence-corrected chi connectivity index (χ1v) is 10.6. The van der Waals surface area contributed by atoms with Gasteiger partial charge in [-0.15, -0.1) is 0 Å². The van der Waals surface area contributed by atoms with E-state index in [1.165, 1.54) is 5.57 Å². The van der Waals surface area contributed by atoms with E-state index in [1.807, 2.05) is 6.08 Å². The number of carbonyl (C=O) groups excluding carboxylic acids is 1. The van der Waals surface area contributed by atoms with Gasteiger partial charge in [-0.2, -0.15) is 0 Å². The topological polar surface area (TPSA) is 72.8 Å². The first kappa shape index (κ1) is 22.1. The fourth-order valence-electron chi connectivity index (χ4n) is 4.35. The number of hydrogen-bond donors (Lipinski definition) is 3. The van der Waals surface area contributed by atoms with Gasteiger partial charge in [-0.05, 0) is 44.1 Å². The van der Waals surface area contributed by atoms with E-state index >= 15 is 0 Å². The smallest absolute Gasteiger partial charge is 0.236 e. The molecule has 0 radical (unpaired) electrons. The number of carbonyl (C=O) groups is 1. The van der Waals surface area contributed by atoms with E-state index in [2.05, 4.69) is 24.4 Å². The Hall–Kier alpha value is -1.17. The van der Waals surface area contributed by atoms with Crippen LogP contribution in [0.25, 0.3) is 0 Å². The molecule has 0 spiro atoms. The van der Waals surface area contributed by atoms with Gasteiger partial charge in [0.15, 0.2) is 0 Å². The van der Waals surface area contributed by atoms with Crippen LogP contribution in [0.4, 0.5) is 0 Å². The second kappa shape index (κ2) is 11.0. The third-order valence-electron chi connectivity index (χ3n) is 6.01. The van der Waals surface area contributed by atoms with Crippen molar-refractivity contribution in [1.82, 2.24) is 10.2 Å². The van der Waals surface area contributed by atoms with Crippen molar-refractivity contribution in [2.24, 2.45) is 17.8 Å². The highest BCUT2D eigenvalue weighted by atomic mass is 16.3. The average molecular weight is 379 g/mol. The van der Waals surface area contributed by atoms with Crippen LogP contribution in [0.5, 0.6) is 0 Å². The second-order valence-electron chi connectivity index (χ2n) is 8.40. The van der Waals surface area contributed by atoms with Crippen LogP contribution in [0.3, 0.4) is 0 Å². The SMILES string of the molecule is CCCCC[C@H](O)C=C[C@@H]1[C@H]2CC(CCNCC(=O)N(C)C)=C[C@H]2C[C@H]1O. The predicted octanol–water partition coefficient (Wildman–Crippen LogP) is 2.50. The molecule has 3 N–H and O–H groups in total. The summed E-state index contributed by atoms with van der Waals surface area (Å²) in [5.74, 6) is 1.15. The van der Waals surface area contributed by atoms with E-state index in [0.717, 1.165) is 51.5 Å². The zero-order valence-corrected chi connectivity index (χ0v) is 17.2. The Morgan fingerprint density at radius 2 is 2.19 bits per heavy atom. The lowest BCUT2D eigenvalue weighted by atomic mass is 9.88. The Bertz CT molecular complexity index is 530. The van der Waals surface area contributed by atoms with Gasteiger partial charge < -0.3 is 20.4 Å². The summed E-state index contributed by atoms with van der Waals surface area (Å²) < 4.78 is 0. The molecule has 2 aliphatic rings. The minimum atomic E-state index is -0.393. The monoisotopic (exact) mass is 378 g/mol. The predicted molar refractivity (Wildman–Crippen MR) is 109 cm³/mol. The molecule has 0 bridgehead atoms. The van der Waals surface area contributed by atoms with Gasteiger partial charge in [-0.1, -0.05) is 50.0 Å². The number of likely N-dealkylation sites (N-methyl/N-ethyl adjacent to an activating group) is 1. The number of allylic oxidation sites excluding steroid dienone is 1. The molecule has 154 valence electrons. The number of fused-ring (bicyclic) bond motifs is 1. The van der Waals surface area contributed by atoms with Crippen LogP contribution in [-0.4, -0.2) is 60.4 Å². The maximum atomic E-state index is 11.6. The maximum absolute atomic E-state index is 11.6. The van der Waals surface area contributed by atoms with E-state index < -0.39 is 6.10 Å². The molecule has 0 aromatic heterocycles. The average Bonchev–Trinajstić information content (AvgIpc) is 3.13. The van der Waals surface area contributed by atoms with Crippen molar-refractivity contribution >= 4 is 5.91 Å². The van der Waals surface area contributed by atoms with Crippen molar-refractivity contribution in [3.05, 3.63) is 23.8 Å². The van der Waals surface area contributed by atoms with Gasteiger partial charge >= 0.3 is 0 Å². The van der Waals surface area contributed by atoms with Crippen molar-refractivity contribution in [1.29, 1.82) is 0 Å². The molecule has 2 aliphatic carbocycles. The van der Waals surface area contributed by atoms with Crippen LogP contribution in [0, 0.1) is 17.8 Å². The summed E-state index contributed by atoms with van der Waals surface area (Å²) in [7, 11) is 3.54. The molecular formula is C22H38N2O3.